The van der Waals surface area contributed by atoms with E-state index in [1.165, 1.54) is 6.42 Å². The van der Waals surface area contributed by atoms with E-state index in [9.17, 15) is 9.59 Å². The number of amides is 2. The van der Waals surface area contributed by atoms with Crippen molar-refractivity contribution < 1.29 is 9.59 Å². The first-order valence-electron chi connectivity index (χ1n) is 9.04. The molecule has 0 aromatic heterocycles. The minimum Gasteiger partial charge on any atom is -0.368 e. The first-order valence-corrected chi connectivity index (χ1v) is 9.04. The zero-order valence-corrected chi connectivity index (χ0v) is 14.2. The van der Waals surface area contributed by atoms with Gasteiger partial charge in [-0.15, -0.1) is 0 Å². The number of nitrogens with two attached hydrogens (primary N) is 1. The second kappa shape index (κ2) is 5.31. The Morgan fingerprint density at radius 2 is 2.00 bits per heavy atom. The minimum absolute atomic E-state index is 0.0489. The van der Waals surface area contributed by atoms with Crippen molar-refractivity contribution >= 4 is 17.5 Å². The van der Waals surface area contributed by atoms with E-state index in [1.807, 2.05) is 18.2 Å². The Labute approximate surface area is 142 Å². The maximum atomic E-state index is 13.3. The highest BCUT2D eigenvalue weighted by molar-refractivity contribution is 6.08. The van der Waals surface area contributed by atoms with Crippen molar-refractivity contribution in [2.45, 2.75) is 62.4 Å². The standard InChI is InChI=1S/C19H25N3O2/c1-2-22-15(16(20)23)12-19(18(22)10-6-3-7-11-18)13-8-4-5-9-14(13)21-17(19)24/h4-5,8-9,15H,2-3,6-7,10-12H2,1H3,(H2,20,23)(H,21,24). The van der Waals surface area contributed by atoms with Crippen molar-refractivity contribution in [3.8, 4) is 0 Å². The highest BCUT2D eigenvalue weighted by Crippen LogP contribution is 2.60. The molecule has 4 rings (SSSR count). The molecule has 1 saturated carbocycles. The summed E-state index contributed by atoms with van der Waals surface area (Å²) >= 11 is 0. The van der Waals surface area contributed by atoms with Crippen molar-refractivity contribution in [2.75, 3.05) is 11.9 Å². The van der Waals surface area contributed by atoms with Gasteiger partial charge in [0, 0.05) is 11.2 Å². The number of nitrogens with one attached hydrogen (secondary N) is 1. The third-order valence-electron chi connectivity index (χ3n) is 6.59. The minimum atomic E-state index is -0.653. The van der Waals surface area contributed by atoms with Gasteiger partial charge in [0.05, 0.1) is 11.5 Å². The highest BCUT2D eigenvalue weighted by Gasteiger charge is 2.69. The highest BCUT2D eigenvalue weighted by atomic mass is 16.2. The second-order valence-corrected chi connectivity index (χ2v) is 7.41. The molecule has 2 amide bonds. The average molecular weight is 327 g/mol. The molecule has 128 valence electrons. The third-order valence-corrected chi connectivity index (χ3v) is 6.59. The number of likely N-dealkylation sites (N-methyl/N-ethyl adjacent to an activating group) is 1. The molecule has 2 aliphatic heterocycles. The van der Waals surface area contributed by atoms with Crippen LogP contribution in [-0.4, -0.2) is 34.8 Å². The molecule has 2 spiro atoms. The van der Waals surface area contributed by atoms with E-state index in [1.54, 1.807) is 0 Å². The molecule has 2 atom stereocenters. The lowest BCUT2D eigenvalue weighted by Gasteiger charge is -2.50. The number of rotatable bonds is 2. The van der Waals surface area contributed by atoms with E-state index in [2.05, 4.69) is 23.2 Å². The number of para-hydroxylation sites is 1. The SMILES string of the molecule is CCN1C(C(N)=O)CC2(C(=O)Nc3ccccc32)C12CCCCC2. The molecule has 5 nitrogen and oxygen atoms in total. The quantitative estimate of drug-likeness (QED) is 0.874. The number of hydrogen-bond acceptors (Lipinski definition) is 3. The number of likely N-dealkylation sites (tertiary alicyclic amines) is 1. The average Bonchev–Trinajstić information content (AvgIpc) is 3.03. The van der Waals surface area contributed by atoms with Gasteiger partial charge < -0.3 is 11.1 Å². The number of anilines is 1. The van der Waals surface area contributed by atoms with E-state index in [0.29, 0.717) is 6.42 Å². The van der Waals surface area contributed by atoms with Gasteiger partial charge in [0.1, 0.15) is 0 Å². The topological polar surface area (TPSA) is 75.4 Å². The van der Waals surface area contributed by atoms with Crippen LogP contribution in [0.2, 0.25) is 0 Å². The smallest absolute Gasteiger partial charge is 0.237 e. The van der Waals surface area contributed by atoms with Gasteiger partial charge in [-0.1, -0.05) is 44.4 Å². The summed E-state index contributed by atoms with van der Waals surface area (Å²) in [4.78, 5) is 27.7. The van der Waals surface area contributed by atoms with Crippen LogP contribution in [0.5, 0.6) is 0 Å². The van der Waals surface area contributed by atoms with Gasteiger partial charge in [-0.2, -0.15) is 0 Å². The van der Waals surface area contributed by atoms with Gasteiger partial charge >= 0.3 is 0 Å². The molecule has 1 aromatic carbocycles. The maximum absolute atomic E-state index is 13.3. The van der Waals surface area contributed by atoms with Crippen LogP contribution in [0.4, 0.5) is 5.69 Å². The van der Waals surface area contributed by atoms with Crippen molar-refractivity contribution in [1.29, 1.82) is 0 Å². The lowest BCUT2D eigenvalue weighted by Crippen LogP contribution is -2.61. The normalized spacial score (nSPS) is 31.4. The number of carbonyl (C=O) groups is 2. The summed E-state index contributed by atoms with van der Waals surface area (Å²) in [6.07, 6.45) is 5.79. The molecule has 1 aliphatic carbocycles. The Bertz CT molecular complexity index is 696. The van der Waals surface area contributed by atoms with Gasteiger partial charge in [0.2, 0.25) is 11.8 Å². The molecule has 0 radical (unpaired) electrons. The van der Waals surface area contributed by atoms with Crippen LogP contribution >= 0.6 is 0 Å². The van der Waals surface area contributed by atoms with Crippen LogP contribution in [0.1, 0.15) is 51.0 Å². The molecular formula is C19H25N3O2. The summed E-state index contributed by atoms with van der Waals surface area (Å²) < 4.78 is 0. The number of primary amides is 1. The number of benzene rings is 1. The lowest BCUT2D eigenvalue weighted by molar-refractivity contribution is -0.127. The van der Waals surface area contributed by atoms with Crippen molar-refractivity contribution in [1.82, 2.24) is 4.90 Å². The first kappa shape index (κ1) is 15.6. The van der Waals surface area contributed by atoms with Crippen molar-refractivity contribution in [3.63, 3.8) is 0 Å². The van der Waals surface area contributed by atoms with Crippen molar-refractivity contribution in [3.05, 3.63) is 29.8 Å². The van der Waals surface area contributed by atoms with Crippen LogP contribution in [0, 0.1) is 0 Å². The number of nitrogens with zero attached hydrogens (tertiary/aromatic N) is 1. The summed E-state index contributed by atoms with van der Waals surface area (Å²) in [6.45, 7) is 2.81. The fraction of sp³-hybridized carbons (Fsp3) is 0.579. The summed E-state index contributed by atoms with van der Waals surface area (Å²) in [5, 5.41) is 3.09. The molecule has 24 heavy (non-hydrogen) atoms. The monoisotopic (exact) mass is 327 g/mol. The summed E-state index contributed by atoms with van der Waals surface area (Å²) in [6, 6.07) is 7.59. The van der Waals surface area contributed by atoms with E-state index in [0.717, 1.165) is 43.5 Å². The zero-order chi connectivity index (χ0) is 16.9. The van der Waals surface area contributed by atoms with Crippen LogP contribution in [0.15, 0.2) is 24.3 Å². The fourth-order valence-electron chi connectivity index (χ4n) is 5.74. The fourth-order valence-corrected chi connectivity index (χ4v) is 5.74. The Morgan fingerprint density at radius 1 is 1.29 bits per heavy atom. The van der Waals surface area contributed by atoms with E-state index in [-0.39, 0.29) is 23.4 Å². The van der Waals surface area contributed by atoms with E-state index in [4.69, 9.17) is 5.73 Å². The predicted octanol–water partition coefficient (Wildman–Crippen LogP) is 2.16. The van der Waals surface area contributed by atoms with Gasteiger partial charge in [-0.3, -0.25) is 14.5 Å². The van der Waals surface area contributed by atoms with Crippen LogP contribution in [-0.2, 0) is 15.0 Å². The van der Waals surface area contributed by atoms with Gasteiger partial charge in [0.15, 0.2) is 0 Å². The number of fused-ring (bicyclic) bond motifs is 3. The largest absolute Gasteiger partial charge is 0.368 e. The molecule has 5 heteroatoms. The van der Waals surface area contributed by atoms with E-state index < -0.39 is 5.41 Å². The molecule has 2 heterocycles. The Hall–Kier alpha value is -1.88. The second-order valence-electron chi connectivity index (χ2n) is 7.41. The molecule has 1 saturated heterocycles. The van der Waals surface area contributed by atoms with Crippen molar-refractivity contribution in [2.24, 2.45) is 5.73 Å². The summed E-state index contributed by atoms with van der Waals surface area (Å²) in [5.74, 6) is -0.261. The molecular weight excluding hydrogens is 302 g/mol. The lowest BCUT2D eigenvalue weighted by atomic mass is 9.60. The molecule has 3 aliphatic rings. The van der Waals surface area contributed by atoms with E-state index >= 15 is 0 Å². The maximum Gasteiger partial charge on any atom is 0.237 e. The zero-order valence-electron chi connectivity index (χ0n) is 14.2. The summed E-state index contributed by atoms with van der Waals surface area (Å²) in [5.41, 5.74) is 6.76. The Kier molecular flexibility index (Phi) is 3.46. The first-order chi connectivity index (χ1) is 11.6. The van der Waals surface area contributed by atoms with Gasteiger partial charge in [-0.25, -0.2) is 0 Å². The number of hydrogen-bond donors (Lipinski definition) is 2. The Morgan fingerprint density at radius 3 is 2.67 bits per heavy atom. The molecule has 2 fully saturated rings. The number of carbonyl (C=O) groups excluding carboxylic acids is 2. The predicted molar refractivity (Wildman–Crippen MR) is 92.5 cm³/mol. The molecule has 3 N–H and O–H groups in total. The summed E-state index contributed by atoms with van der Waals surface area (Å²) in [7, 11) is 0. The van der Waals surface area contributed by atoms with Gasteiger partial charge in [0.25, 0.3) is 0 Å². The van der Waals surface area contributed by atoms with Crippen LogP contribution < -0.4 is 11.1 Å². The molecule has 0 bridgehead atoms. The van der Waals surface area contributed by atoms with Gasteiger partial charge in [-0.05, 0) is 37.4 Å². The van der Waals surface area contributed by atoms with Crippen LogP contribution in [0.3, 0.4) is 0 Å². The molecule has 1 aromatic rings. The van der Waals surface area contributed by atoms with Crippen LogP contribution in [0.25, 0.3) is 0 Å². The third kappa shape index (κ3) is 1.73. The Balaban J connectivity index is 1.96. The molecule has 2 unspecified atom stereocenters.